The summed E-state index contributed by atoms with van der Waals surface area (Å²) in [6.45, 7) is 30.3. The maximum atomic E-state index is 2.68. The molecule has 0 amide bonds. The molecule has 3 aromatic heterocycles. The molecule has 11 aromatic carbocycles. The molecule has 450 valence electrons. The Morgan fingerprint density at radius 3 is 1.41 bits per heavy atom. The zero-order chi connectivity index (χ0) is 63.4. The number of aryl methyl sites for hydroxylation is 7. The summed E-state index contributed by atoms with van der Waals surface area (Å²) in [4.78, 5) is 10.5. The number of rotatable bonds is 8. The van der Waals surface area contributed by atoms with Crippen molar-refractivity contribution >= 4 is 139 Å². The van der Waals surface area contributed by atoms with Gasteiger partial charge in [-0.05, 0) is 257 Å². The number of aromatic nitrogens is 1. The molecule has 0 N–H and O–H groups in total. The van der Waals surface area contributed by atoms with E-state index in [1.54, 1.807) is 0 Å². The van der Waals surface area contributed by atoms with E-state index in [1.807, 2.05) is 22.7 Å². The van der Waals surface area contributed by atoms with Gasteiger partial charge < -0.3 is 19.3 Å². The second-order valence-electron chi connectivity index (χ2n) is 28.2. The topological polar surface area (TPSA) is 14.7 Å². The molecule has 0 radical (unpaired) electrons. The van der Waals surface area contributed by atoms with Crippen molar-refractivity contribution in [3.05, 3.63) is 268 Å². The molecular formula is C85H75BN4S2. The predicted molar refractivity (Wildman–Crippen MR) is 402 cm³/mol. The van der Waals surface area contributed by atoms with E-state index in [1.165, 1.54) is 169 Å². The first-order valence-electron chi connectivity index (χ1n) is 32.5. The number of hydrogen-bond donors (Lipinski definition) is 0. The van der Waals surface area contributed by atoms with Gasteiger partial charge in [0, 0.05) is 69.7 Å². The van der Waals surface area contributed by atoms with Crippen molar-refractivity contribution in [1.82, 2.24) is 4.57 Å². The summed E-state index contributed by atoms with van der Waals surface area (Å²) in [5.74, 6) is 0. The van der Waals surface area contributed by atoms with E-state index in [9.17, 15) is 0 Å². The Morgan fingerprint density at radius 2 is 0.859 bits per heavy atom. The Bertz CT molecular complexity index is 5240. The number of anilines is 9. The fraction of sp³-hybridized carbons (Fsp3) is 0.176. The van der Waals surface area contributed by atoms with Gasteiger partial charge in [-0.15, -0.1) is 22.7 Å². The molecule has 0 bridgehead atoms. The van der Waals surface area contributed by atoms with Crippen LogP contribution in [0.25, 0.3) is 68.5 Å². The summed E-state index contributed by atoms with van der Waals surface area (Å²) in [5.41, 5.74) is 31.8. The van der Waals surface area contributed by atoms with Crippen molar-refractivity contribution in [3.8, 4) is 26.6 Å². The average Bonchev–Trinajstić information content (AvgIpc) is 0.879. The first kappa shape index (κ1) is 57.7. The van der Waals surface area contributed by atoms with Gasteiger partial charge in [-0.1, -0.05) is 151 Å². The second kappa shape index (κ2) is 21.3. The van der Waals surface area contributed by atoms with Gasteiger partial charge in [-0.3, -0.25) is 0 Å². The highest BCUT2D eigenvalue weighted by Crippen LogP contribution is 2.52. The van der Waals surface area contributed by atoms with Gasteiger partial charge in [0.25, 0.3) is 6.71 Å². The van der Waals surface area contributed by atoms with E-state index in [0.29, 0.717) is 0 Å². The minimum atomic E-state index is -0.0929. The molecule has 0 spiro atoms. The molecule has 0 aliphatic carbocycles. The van der Waals surface area contributed by atoms with Gasteiger partial charge in [-0.2, -0.15) is 0 Å². The van der Waals surface area contributed by atoms with E-state index < -0.39 is 0 Å². The fourth-order valence-corrected chi connectivity index (χ4v) is 17.6. The Morgan fingerprint density at radius 1 is 0.380 bits per heavy atom. The van der Waals surface area contributed by atoms with Gasteiger partial charge in [0.05, 0.1) is 28.1 Å². The van der Waals surface area contributed by atoms with Crippen molar-refractivity contribution in [2.75, 3.05) is 14.7 Å². The van der Waals surface area contributed by atoms with Crippen LogP contribution in [0, 0.1) is 48.5 Å². The van der Waals surface area contributed by atoms with Gasteiger partial charge in [-0.25, -0.2) is 0 Å². The maximum absolute atomic E-state index is 2.68. The normalized spacial score (nSPS) is 13.0. The van der Waals surface area contributed by atoms with Crippen molar-refractivity contribution in [2.24, 2.45) is 0 Å². The Balaban J connectivity index is 0.967. The molecule has 7 heteroatoms. The Kier molecular flexibility index (Phi) is 13.4. The SMILES string of the molecule is Cc1cc2c3c(c1)N(c1c(C)cc(-c4cc5ccccc5s4)cc1C)c1cc(C(C)(C)C)ccc1B3c1ccc(N(c3ccc4c5ccccc5n(-c5ccccc5)c4c3)c3c(C)cc(C(C)(C)C)cc3C)cc1N2c1c(C)cc(-c2cc3ccccc3s2)cc1C. The third-order valence-corrected chi connectivity index (χ3v) is 22.0. The largest absolute Gasteiger partial charge is 0.311 e. The van der Waals surface area contributed by atoms with Gasteiger partial charge in [0.1, 0.15) is 0 Å². The van der Waals surface area contributed by atoms with Crippen LogP contribution in [0.1, 0.15) is 91.6 Å². The standard InChI is InChI=1S/C85H75BN4S2/c1-50-37-74-80-75(38-50)90(83-53(4)41-60(42-54(83)5)79-46-58-24-18-22-30-77(58)92-79)73-49-65(87(81-55(6)43-62(44-56(81)7)85(11,12)13)64-32-34-67-66-27-19-20-28-70(66)88(71(67)48-64)63-25-15-14-16-26-63)33-36-69(73)86(80)68-35-31-61(84(8,9)10)47-72(68)89(74)82-51(2)39-59(40-52(82)3)78-45-57-23-17-21-29-76(57)91-78/h14-49H,1-13H3. The van der Waals surface area contributed by atoms with Crippen LogP contribution >= 0.6 is 22.7 Å². The zero-order valence-electron chi connectivity index (χ0n) is 55.0. The number of benzene rings is 11. The van der Waals surface area contributed by atoms with E-state index in [2.05, 4.69) is 328 Å². The van der Waals surface area contributed by atoms with Crippen molar-refractivity contribution in [3.63, 3.8) is 0 Å². The molecule has 2 aliphatic rings. The van der Waals surface area contributed by atoms with Crippen LogP contribution in [0.4, 0.5) is 51.2 Å². The number of hydrogen-bond acceptors (Lipinski definition) is 5. The minimum Gasteiger partial charge on any atom is -0.311 e. The Labute approximate surface area is 550 Å². The lowest BCUT2D eigenvalue weighted by atomic mass is 9.33. The summed E-state index contributed by atoms with van der Waals surface area (Å²) in [6, 6.07) is 83.7. The van der Waals surface area contributed by atoms with Crippen molar-refractivity contribution < 1.29 is 0 Å². The number of para-hydroxylation sites is 2. The summed E-state index contributed by atoms with van der Waals surface area (Å²) >= 11 is 3.76. The molecular weight excluding hydrogens is 1150 g/mol. The molecule has 0 saturated carbocycles. The van der Waals surface area contributed by atoms with Gasteiger partial charge in [0.15, 0.2) is 0 Å². The smallest absolute Gasteiger partial charge is 0.252 e. The van der Waals surface area contributed by atoms with Crippen LogP contribution in [0.3, 0.4) is 0 Å². The Hall–Kier alpha value is -9.40. The summed E-state index contributed by atoms with van der Waals surface area (Å²) < 4.78 is 5.07. The first-order chi connectivity index (χ1) is 44.2. The fourth-order valence-electron chi connectivity index (χ4n) is 15.5. The molecule has 16 rings (SSSR count). The predicted octanol–water partition coefficient (Wildman–Crippen LogP) is 22.9. The molecule has 0 unspecified atom stereocenters. The summed E-state index contributed by atoms with van der Waals surface area (Å²) in [6.07, 6.45) is 0. The van der Waals surface area contributed by atoms with E-state index in [4.69, 9.17) is 0 Å². The summed E-state index contributed by atoms with van der Waals surface area (Å²) in [7, 11) is 0. The molecule has 0 saturated heterocycles. The number of fused-ring (bicyclic) bond motifs is 9. The molecule has 0 atom stereocenters. The molecule has 14 aromatic rings. The van der Waals surface area contributed by atoms with Crippen molar-refractivity contribution in [1.29, 1.82) is 0 Å². The quantitative estimate of drug-likeness (QED) is 0.141. The third kappa shape index (κ3) is 9.28. The number of nitrogens with zero attached hydrogens (tertiary/aromatic N) is 4. The van der Waals surface area contributed by atoms with Crippen LogP contribution in [0.2, 0.25) is 0 Å². The van der Waals surface area contributed by atoms with Crippen LogP contribution < -0.4 is 31.1 Å². The van der Waals surface area contributed by atoms with Crippen LogP contribution in [-0.4, -0.2) is 11.3 Å². The van der Waals surface area contributed by atoms with Gasteiger partial charge >= 0.3 is 0 Å². The minimum absolute atomic E-state index is 0.0343. The number of thiophene rings is 2. The molecule has 92 heavy (non-hydrogen) atoms. The van der Waals surface area contributed by atoms with Gasteiger partial charge in [0.2, 0.25) is 0 Å². The highest BCUT2D eigenvalue weighted by Gasteiger charge is 2.45. The zero-order valence-corrected chi connectivity index (χ0v) is 56.6. The van der Waals surface area contributed by atoms with Crippen LogP contribution in [0.5, 0.6) is 0 Å². The lowest BCUT2D eigenvalue weighted by Gasteiger charge is -2.46. The highest BCUT2D eigenvalue weighted by molar-refractivity contribution is 7.22. The molecule has 5 heterocycles. The second-order valence-corrected chi connectivity index (χ2v) is 30.4. The highest BCUT2D eigenvalue weighted by atomic mass is 32.1. The molecule has 4 nitrogen and oxygen atoms in total. The van der Waals surface area contributed by atoms with E-state index in [-0.39, 0.29) is 17.5 Å². The van der Waals surface area contributed by atoms with Crippen LogP contribution in [-0.2, 0) is 10.8 Å². The summed E-state index contributed by atoms with van der Waals surface area (Å²) in [5, 5.41) is 5.04. The monoisotopic (exact) mass is 1230 g/mol. The average molecular weight is 1230 g/mol. The lowest BCUT2D eigenvalue weighted by Crippen LogP contribution is -2.61. The first-order valence-corrected chi connectivity index (χ1v) is 34.1. The van der Waals surface area contributed by atoms with E-state index >= 15 is 0 Å². The maximum Gasteiger partial charge on any atom is 0.252 e. The molecule has 2 aliphatic heterocycles. The molecule has 0 fully saturated rings. The van der Waals surface area contributed by atoms with Crippen molar-refractivity contribution in [2.45, 2.75) is 101 Å². The lowest BCUT2D eigenvalue weighted by molar-refractivity contribution is 0.589. The van der Waals surface area contributed by atoms with E-state index in [0.717, 1.165) is 17.1 Å². The van der Waals surface area contributed by atoms with Crippen LogP contribution in [0.15, 0.2) is 218 Å². The third-order valence-electron chi connectivity index (χ3n) is 19.7.